The minimum absolute atomic E-state index is 0.216. The van der Waals surface area contributed by atoms with E-state index in [0.717, 1.165) is 12.3 Å². The normalized spacial score (nSPS) is 36.5. The van der Waals surface area contributed by atoms with Crippen LogP contribution in [0.4, 0.5) is 0 Å². The van der Waals surface area contributed by atoms with E-state index in [1.807, 2.05) is 0 Å². The Hall–Kier alpha value is -0.0151. The highest BCUT2D eigenvalue weighted by Gasteiger charge is 2.49. The first-order valence-corrected chi connectivity index (χ1v) is 5.15. The fourth-order valence-corrected chi connectivity index (χ4v) is 2.68. The molecule has 68 valence electrons. The van der Waals surface area contributed by atoms with Crippen LogP contribution in [-0.4, -0.2) is 17.2 Å². The highest BCUT2D eigenvalue weighted by molar-refractivity contribution is 6.44. The Morgan fingerprint density at radius 2 is 1.67 bits per heavy atom. The summed E-state index contributed by atoms with van der Waals surface area (Å²) in [5.74, 6) is 1.67. The summed E-state index contributed by atoms with van der Waals surface area (Å²) in [6.07, 6.45) is 7.81. The molecule has 0 bridgehead atoms. The second kappa shape index (κ2) is 3.39. The van der Waals surface area contributed by atoms with Crippen LogP contribution >= 0.6 is 0 Å². The highest BCUT2D eigenvalue weighted by Crippen LogP contribution is 2.54. The van der Waals surface area contributed by atoms with Crippen LogP contribution in [0.2, 0.25) is 5.82 Å². The van der Waals surface area contributed by atoms with Crippen LogP contribution in [-0.2, 0) is 0 Å². The van der Waals surface area contributed by atoms with Gasteiger partial charge in [-0.15, -0.1) is 0 Å². The van der Waals surface area contributed by atoms with Crippen molar-refractivity contribution < 1.29 is 10.0 Å². The SMILES string of the molecule is OB(O)C1CC1C1CCCCC1. The molecule has 0 aromatic rings. The minimum atomic E-state index is -1.04. The largest absolute Gasteiger partial charge is 0.455 e. The van der Waals surface area contributed by atoms with Gasteiger partial charge in [0, 0.05) is 0 Å². The van der Waals surface area contributed by atoms with E-state index in [2.05, 4.69) is 0 Å². The third-order valence-electron chi connectivity index (χ3n) is 3.53. The van der Waals surface area contributed by atoms with Gasteiger partial charge in [0.2, 0.25) is 0 Å². The van der Waals surface area contributed by atoms with Crippen LogP contribution in [0.5, 0.6) is 0 Å². The van der Waals surface area contributed by atoms with Crippen molar-refractivity contribution in [3.8, 4) is 0 Å². The van der Waals surface area contributed by atoms with Gasteiger partial charge in [-0.25, -0.2) is 0 Å². The molecule has 0 aromatic heterocycles. The summed E-state index contributed by atoms with van der Waals surface area (Å²) in [5, 5.41) is 17.9. The van der Waals surface area contributed by atoms with Crippen molar-refractivity contribution in [2.75, 3.05) is 0 Å². The maximum absolute atomic E-state index is 8.95. The van der Waals surface area contributed by atoms with Crippen LogP contribution in [0.3, 0.4) is 0 Å². The summed E-state index contributed by atoms with van der Waals surface area (Å²) in [7, 11) is -1.04. The van der Waals surface area contributed by atoms with Gasteiger partial charge in [0.05, 0.1) is 0 Å². The van der Waals surface area contributed by atoms with Crippen molar-refractivity contribution >= 4 is 7.12 Å². The van der Waals surface area contributed by atoms with Gasteiger partial charge in [0.15, 0.2) is 0 Å². The summed E-state index contributed by atoms with van der Waals surface area (Å²) in [5.41, 5.74) is 0. The molecule has 0 radical (unpaired) electrons. The van der Waals surface area contributed by atoms with Crippen LogP contribution in [0.1, 0.15) is 38.5 Å². The Balaban J connectivity index is 1.79. The monoisotopic (exact) mass is 168 g/mol. The second-order valence-electron chi connectivity index (χ2n) is 4.38. The lowest BCUT2D eigenvalue weighted by molar-refractivity contribution is 0.314. The summed E-state index contributed by atoms with van der Waals surface area (Å²) >= 11 is 0. The fourth-order valence-electron chi connectivity index (χ4n) is 2.68. The van der Waals surface area contributed by atoms with Crippen molar-refractivity contribution in [3.63, 3.8) is 0 Å². The lowest BCUT2D eigenvalue weighted by atomic mass is 9.76. The second-order valence-corrected chi connectivity index (χ2v) is 4.38. The Morgan fingerprint density at radius 3 is 2.17 bits per heavy atom. The Morgan fingerprint density at radius 1 is 1.00 bits per heavy atom. The highest BCUT2D eigenvalue weighted by atomic mass is 16.4. The Bertz CT molecular complexity index is 155. The zero-order valence-electron chi connectivity index (χ0n) is 7.45. The van der Waals surface area contributed by atoms with E-state index in [1.54, 1.807) is 0 Å². The first-order chi connectivity index (χ1) is 5.79. The minimum Gasteiger partial charge on any atom is -0.427 e. The van der Waals surface area contributed by atoms with Gasteiger partial charge in [0.1, 0.15) is 0 Å². The van der Waals surface area contributed by atoms with Crippen LogP contribution in [0, 0.1) is 11.8 Å². The third kappa shape index (κ3) is 1.67. The molecule has 0 saturated heterocycles. The molecule has 2 fully saturated rings. The van der Waals surface area contributed by atoms with Crippen LogP contribution < -0.4 is 0 Å². The molecule has 2 nitrogen and oxygen atoms in total. The van der Waals surface area contributed by atoms with Crippen molar-refractivity contribution in [1.82, 2.24) is 0 Å². The molecule has 12 heavy (non-hydrogen) atoms. The topological polar surface area (TPSA) is 40.5 Å². The third-order valence-corrected chi connectivity index (χ3v) is 3.53. The first kappa shape index (κ1) is 8.58. The molecule has 2 aliphatic carbocycles. The molecule has 0 aromatic carbocycles. The van der Waals surface area contributed by atoms with E-state index in [4.69, 9.17) is 10.0 Å². The zero-order chi connectivity index (χ0) is 8.55. The molecule has 0 aliphatic heterocycles. The quantitative estimate of drug-likeness (QED) is 0.612. The van der Waals surface area contributed by atoms with Crippen LogP contribution in [0.15, 0.2) is 0 Å². The average molecular weight is 168 g/mol. The molecule has 2 rings (SSSR count). The van der Waals surface area contributed by atoms with Gasteiger partial charge in [-0.2, -0.15) is 0 Å². The predicted molar refractivity (Wildman–Crippen MR) is 48.6 cm³/mol. The number of hydrogen-bond donors (Lipinski definition) is 2. The molecule has 2 atom stereocenters. The van der Waals surface area contributed by atoms with Gasteiger partial charge in [-0.3, -0.25) is 0 Å². The molecular formula is C9H17BO2. The van der Waals surface area contributed by atoms with E-state index < -0.39 is 7.12 Å². The standard InChI is InChI=1S/C9H17BO2/c11-10(12)9-6-8(9)7-4-2-1-3-5-7/h7-9,11-12H,1-6H2. The molecule has 3 heteroatoms. The van der Waals surface area contributed by atoms with Gasteiger partial charge >= 0.3 is 7.12 Å². The van der Waals surface area contributed by atoms with Gasteiger partial charge in [-0.05, 0) is 24.1 Å². The van der Waals surface area contributed by atoms with Gasteiger partial charge < -0.3 is 10.0 Å². The van der Waals surface area contributed by atoms with Gasteiger partial charge in [0.25, 0.3) is 0 Å². The molecule has 0 spiro atoms. The van der Waals surface area contributed by atoms with E-state index >= 15 is 0 Å². The van der Waals surface area contributed by atoms with Crippen molar-refractivity contribution in [3.05, 3.63) is 0 Å². The predicted octanol–water partition coefficient (Wildman–Crippen LogP) is 1.43. The molecule has 0 heterocycles. The summed E-state index contributed by atoms with van der Waals surface area (Å²) < 4.78 is 0. The maximum Gasteiger partial charge on any atom is 0.455 e. The van der Waals surface area contributed by atoms with Crippen molar-refractivity contribution in [2.24, 2.45) is 11.8 Å². The van der Waals surface area contributed by atoms with E-state index in [0.29, 0.717) is 5.92 Å². The van der Waals surface area contributed by atoms with Crippen molar-refractivity contribution in [1.29, 1.82) is 0 Å². The summed E-state index contributed by atoms with van der Waals surface area (Å²) in [4.78, 5) is 0. The maximum atomic E-state index is 8.95. The Kier molecular flexibility index (Phi) is 2.42. The lowest BCUT2D eigenvalue weighted by Gasteiger charge is -2.21. The molecule has 2 N–H and O–H groups in total. The first-order valence-electron chi connectivity index (χ1n) is 5.15. The van der Waals surface area contributed by atoms with E-state index in [-0.39, 0.29) is 5.82 Å². The molecule has 2 aliphatic rings. The summed E-state index contributed by atoms with van der Waals surface area (Å²) in [6.45, 7) is 0. The van der Waals surface area contributed by atoms with Gasteiger partial charge in [-0.1, -0.05) is 32.1 Å². The van der Waals surface area contributed by atoms with Crippen molar-refractivity contribution in [2.45, 2.75) is 44.3 Å². The van der Waals surface area contributed by atoms with E-state index in [1.165, 1.54) is 32.1 Å². The molecule has 2 saturated carbocycles. The van der Waals surface area contributed by atoms with Crippen LogP contribution in [0.25, 0.3) is 0 Å². The number of rotatable bonds is 2. The number of hydrogen-bond acceptors (Lipinski definition) is 2. The lowest BCUT2D eigenvalue weighted by Crippen LogP contribution is -2.16. The zero-order valence-corrected chi connectivity index (χ0v) is 7.45. The fraction of sp³-hybridized carbons (Fsp3) is 1.00. The Labute approximate surface area is 74.1 Å². The molecule has 2 unspecified atom stereocenters. The molecular weight excluding hydrogens is 151 g/mol. The average Bonchev–Trinajstić information content (AvgIpc) is 2.84. The summed E-state index contributed by atoms with van der Waals surface area (Å²) in [6, 6.07) is 0. The van der Waals surface area contributed by atoms with E-state index in [9.17, 15) is 0 Å². The molecule has 0 amide bonds. The smallest absolute Gasteiger partial charge is 0.427 e.